The van der Waals surface area contributed by atoms with Gasteiger partial charge < -0.3 is 19.5 Å². The molecule has 5 heteroatoms. The highest BCUT2D eigenvalue weighted by molar-refractivity contribution is 6.03. The average Bonchev–Trinajstić information content (AvgIpc) is 3.39. The van der Waals surface area contributed by atoms with Gasteiger partial charge in [-0.3, -0.25) is 4.79 Å². The minimum atomic E-state index is -0.132. The molecule has 1 amide bonds. The molecule has 0 spiro atoms. The van der Waals surface area contributed by atoms with E-state index in [0.29, 0.717) is 6.61 Å². The molecule has 1 aliphatic carbocycles. The van der Waals surface area contributed by atoms with Crippen molar-refractivity contribution in [3.63, 3.8) is 0 Å². The van der Waals surface area contributed by atoms with Crippen LogP contribution in [0.3, 0.4) is 0 Å². The van der Waals surface area contributed by atoms with E-state index in [1.165, 1.54) is 32.1 Å². The summed E-state index contributed by atoms with van der Waals surface area (Å²) in [4.78, 5) is 16.8. The summed E-state index contributed by atoms with van der Waals surface area (Å²) in [5.74, 6) is 0.738. The maximum absolute atomic E-state index is 14.6. The number of likely N-dealkylation sites (N-methyl/N-ethyl adjacent to an activating group) is 1. The second kappa shape index (κ2) is 15.3. The number of carbonyl (C=O) groups excluding carboxylic acids is 1. The molecule has 1 atom stereocenters. The van der Waals surface area contributed by atoms with Crippen LogP contribution in [0.15, 0.2) is 109 Å². The molecule has 6 rings (SSSR count). The van der Waals surface area contributed by atoms with Crippen LogP contribution in [-0.4, -0.2) is 42.1 Å². The van der Waals surface area contributed by atoms with Crippen LogP contribution < -0.4 is 10.1 Å². The van der Waals surface area contributed by atoms with E-state index in [0.717, 1.165) is 70.5 Å². The van der Waals surface area contributed by atoms with Gasteiger partial charge in [-0.15, -0.1) is 0 Å². The Morgan fingerprint density at radius 2 is 1.39 bits per heavy atom. The van der Waals surface area contributed by atoms with E-state index < -0.39 is 0 Å². The molecule has 238 valence electrons. The minimum absolute atomic E-state index is 0.0410. The van der Waals surface area contributed by atoms with Crippen molar-refractivity contribution in [2.75, 3.05) is 20.6 Å². The Morgan fingerprint density at radius 3 is 2.09 bits per heavy atom. The van der Waals surface area contributed by atoms with Crippen LogP contribution in [0, 0.1) is 0 Å². The second-order valence-corrected chi connectivity index (χ2v) is 12.9. The predicted molar refractivity (Wildman–Crippen MR) is 189 cm³/mol. The second-order valence-electron chi connectivity index (χ2n) is 12.9. The lowest BCUT2D eigenvalue weighted by atomic mass is 9.83. The fourth-order valence-corrected chi connectivity index (χ4v) is 6.92. The van der Waals surface area contributed by atoms with E-state index in [9.17, 15) is 4.79 Å². The van der Waals surface area contributed by atoms with Gasteiger partial charge in [0.05, 0.1) is 0 Å². The monoisotopic (exact) mass is 613 g/mol. The van der Waals surface area contributed by atoms with Gasteiger partial charge in [0.2, 0.25) is 0 Å². The van der Waals surface area contributed by atoms with Gasteiger partial charge in [0.15, 0.2) is 0 Å². The standard InChI is InChI=1S/C41H47N3O2/c1-43(2)28-29-44-37-23-15-14-22-36(37)39(40(44)41(45)42-34-20-12-4-3-5-13-21-34)38(32-18-10-7-11-19-32)33-24-26-35(27-25-33)46-30-31-16-8-6-9-17-31/h6-11,14-19,22-27,34,38H,3-5,12-13,20-21,28-30H2,1-2H3,(H,42,45). The van der Waals surface area contributed by atoms with Gasteiger partial charge in [-0.1, -0.05) is 123 Å². The number of para-hydroxylation sites is 1. The maximum Gasteiger partial charge on any atom is 0.268 e. The van der Waals surface area contributed by atoms with E-state index in [1.54, 1.807) is 0 Å². The van der Waals surface area contributed by atoms with Crippen molar-refractivity contribution in [2.24, 2.45) is 0 Å². The van der Waals surface area contributed by atoms with Gasteiger partial charge in [-0.25, -0.2) is 0 Å². The van der Waals surface area contributed by atoms with Crippen LogP contribution in [0.25, 0.3) is 10.9 Å². The average molecular weight is 614 g/mol. The fourth-order valence-electron chi connectivity index (χ4n) is 6.92. The molecular weight excluding hydrogens is 566 g/mol. The molecule has 1 aromatic heterocycles. The van der Waals surface area contributed by atoms with Crippen molar-refractivity contribution in [1.29, 1.82) is 0 Å². The molecule has 0 radical (unpaired) electrons. The first-order valence-electron chi connectivity index (χ1n) is 17.0. The summed E-state index contributed by atoms with van der Waals surface area (Å²) in [6, 6.07) is 38.1. The smallest absolute Gasteiger partial charge is 0.268 e. The molecule has 0 aliphatic heterocycles. The Balaban J connectivity index is 1.44. The predicted octanol–water partition coefficient (Wildman–Crippen LogP) is 8.80. The topological polar surface area (TPSA) is 46.5 Å². The molecule has 4 aromatic carbocycles. The number of fused-ring (bicyclic) bond motifs is 1. The molecule has 1 N–H and O–H groups in total. The van der Waals surface area contributed by atoms with Crippen molar-refractivity contribution >= 4 is 16.8 Å². The van der Waals surface area contributed by atoms with E-state index >= 15 is 0 Å². The van der Waals surface area contributed by atoms with Gasteiger partial charge in [0.1, 0.15) is 18.1 Å². The third-order valence-electron chi connectivity index (χ3n) is 9.32. The van der Waals surface area contributed by atoms with Crippen LogP contribution >= 0.6 is 0 Å². The number of hydrogen-bond acceptors (Lipinski definition) is 3. The summed E-state index contributed by atoms with van der Waals surface area (Å²) in [5, 5.41) is 4.67. The Kier molecular flexibility index (Phi) is 10.5. The Hall–Kier alpha value is -4.35. The zero-order chi connectivity index (χ0) is 31.7. The zero-order valence-corrected chi connectivity index (χ0v) is 27.3. The van der Waals surface area contributed by atoms with E-state index in [2.05, 4.69) is 120 Å². The number of benzene rings is 4. The summed E-state index contributed by atoms with van der Waals surface area (Å²) in [5.41, 5.74) is 6.39. The number of carbonyl (C=O) groups is 1. The summed E-state index contributed by atoms with van der Waals surface area (Å²) in [6.07, 6.45) is 8.25. The lowest BCUT2D eigenvalue weighted by Crippen LogP contribution is -2.37. The molecule has 46 heavy (non-hydrogen) atoms. The number of nitrogens with one attached hydrogen (secondary N) is 1. The largest absolute Gasteiger partial charge is 0.489 e. The normalized spacial score (nSPS) is 14.9. The van der Waals surface area contributed by atoms with Crippen molar-refractivity contribution in [3.8, 4) is 5.75 Å². The van der Waals surface area contributed by atoms with Crippen molar-refractivity contribution in [2.45, 2.75) is 70.1 Å². The fraction of sp³-hybridized carbons (Fsp3) is 0.341. The third-order valence-corrected chi connectivity index (χ3v) is 9.32. The molecule has 5 aromatic rings. The van der Waals surface area contributed by atoms with Gasteiger partial charge in [-0.2, -0.15) is 0 Å². The Bertz CT molecular complexity index is 1690. The molecule has 1 unspecified atom stereocenters. The lowest BCUT2D eigenvalue weighted by Gasteiger charge is -2.24. The first-order chi connectivity index (χ1) is 22.6. The zero-order valence-electron chi connectivity index (χ0n) is 27.3. The molecule has 1 fully saturated rings. The van der Waals surface area contributed by atoms with E-state index in [1.807, 2.05) is 18.2 Å². The highest BCUT2D eigenvalue weighted by atomic mass is 16.5. The molecular formula is C41H47N3O2. The van der Waals surface area contributed by atoms with Crippen LogP contribution in [0.1, 0.15) is 83.6 Å². The van der Waals surface area contributed by atoms with Crippen LogP contribution in [-0.2, 0) is 13.2 Å². The van der Waals surface area contributed by atoms with Gasteiger partial charge in [0.25, 0.3) is 5.91 Å². The molecule has 0 bridgehead atoms. The third kappa shape index (κ3) is 7.54. The van der Waals surface area contributed by atoms with Gasteiger partial charge >= 0.3 is 0 Å². The lowest BCUT2D eigenvalue weighted by molar-refractivity contribution is 0.0919. The van der Waals surface area contributed by atoms with Crippen LogP contribution in [0.4, 0.5) is 0 Å². The molecule has 1 aliphatic rings. The van der Waals surface area contributed by atoms with E-state index in [4.69, 9.17) is 4.74 Å². The van der Waals surface area contributed by atoms with Gasteiger partial charge in [0, 0.05) is 41.5 Å². The number of nitrogens with zero attached hydrogens (tertiary/aromatic N) is 2. The first kappa shape index (κ1) is 31.6. The molecule has 1 saturated carbocycles. The Morgan fingerprint density at radius 1 is 0.783 bits per heavy atom. The highest BCUT2D eigenvalue weighted by Gasteiger charge is 2.31. The van der Waals surface area contributed by atoms with Crippen molar-refractivity contribution < 1.29 is 9.53 Å². The summed E-state index contributed by atoms with van der Waals surface area (Å²) in [6.45, 7) is 2.09. The molecule has 1 heterocycles. The molecule has 0 saturated heterocycles. The molecule has 5 nitrogen and oxygen atoms in total. The summed E-state index contributed by atoms with van der Waals surface area (Å²) < 4.78 is 8.43. The SMILES string of the molecule is CN(C)CCn1c(C(=O)NC2CCCCCCC2)c(C(c2ccccc2)c2ccc(OCc3ccccc3)cc2)c2ccccc21. The highest BCUT2D eigenvalue weighted by Crippen LogP contribution is 2.41. The summed E-state index contributed by atoms with van der Waals surface area (Å²) >= 11 is 0. The van der Waals surface area contributed by atoms with Crippen LogP contribution in [0.2, 0.25) is 0 Å². The Labute approximate surface area is 274 Å². The summed E-state index contributed by atoms with van der Waals surface area (Å²) in [7, 11) is 4.18. The quantitative estimate of drug-likeness (QED) is 0.162. The van der Waals surface area contributed by atoms with Crippen molar-refractivity contribution in [3.05, 3.63) is 137 Å². The number of amides is 1. The van der Waals surface area contributed by atoms with Crippen LogP contribution in [0.5, 0.6) is 5.75 Å². The van der Waals surface area contributed by atoms with Crippen molar-refractivity contribution in [1.82, 2.24) is 14.8 Å². The number of rotatable bonds is 11. The van der Waals surface area contributed by atoms with E-state index in [-0.39, 0.29) is 17.9 Å². The number of aromatic nitrogens is 1. The maximum atomic E-state index is 14.6. The number of hydrogen-bond donors (Lipinski definition) is 1. The first-order valence-corrected chi connectivity index (χ1v) is 17.0. The van der Waals surface area contributed by atoms with Gasteiger partial charge in [-0.05, 0) is 61.8 Å². The number of ether oxygens (including phenoxy) is 1. The minimum Gasteiger partial charge on any atom is -0.489 e.